The maximum Gasteiger partial charge on any atom is 0.328 e. The molecule has 4 nitrogen and oxygen atoms in total. The van der Waals surface area contributed by atoms with E-state index >= 15 is 0 Å². The van der Waals surface area contributed by atoms with Crippen LogP contribution in [-0.2, 0) is 9.59 Å². The van der Waals surface area contributed by atoms with Crippen LogP contribution in [0.15, 0.2) is 24.3 Å². The standard InChI is InChI=1S/C15H19NO3/c1-3-4-5-14(17)16-13-8-6-11(2)12(10-13)7-9-15(18)19/h6-10H,3-5H2,1-2H3,(H,16,17)(H,18,19). The third-order valence-corrected chi connectivity index (χ3v) is 2.73. The molecule has 0 bridgehead atoms. The molecule has 1 aromatic carbocycles. The minimum Gasteiger partial charge on any atom is -0.478 e. The fourth-order valence-electron chi connectivity index (χ4n) is 1.62. The number of anilines is 1. The number of rotatable bonds is 6. The summed E-state index contributed by atoms with van der Waals surface area (Å²) in [5, 5.41) is 11.4. The Balaban J connectivity index is 2.78. The molecule has 0 saturated carbocycles. The van der Waals surface area contributed by atoms with Gasteiger partial charge in [-0.05, 0) is 42.7 Å². The van der Waals surface area contributed by atoms with Crippen LogP contribution in [0.3, 0.4) is 0 Å². The van der Waals surface area contributed by atoms with E-state index < -0.39 is 5.97 Å². The second kappa shape index (κ2) is 7.36. The number of carboxylic acid groups (broad SMARTS) is 1. The molecule has 0 aliphatic rings. The van der Waals surface area contributed by atoms with Crippen molar-refractivity contribution in [3.8, 4) is 0 Å². The Labute approximate surface area is 113 Å². The molecule has 4 heteroatoms. The first kappa shape index (κ1) is 15.0. The molecule has 0 heterocycles. The number of nitrogens with one attached hydrogen (secondary N) is 1. The fraction of sp³-hybridized carbons (Fsp3) is 0.333. The summed E-state index contributed by atoms with van der Waals surface area (Å²) in [6, 6.07) is 5.45. The van der Waals surface area contributed by atoms with Gasteiger partial charge in [-0.15, -0.1) is 0 Å². The van der Waals surface area contributed by atoms with Crippen LogP contribution in [-0.4, -0.2) is 17.0 Å². The Morgan fingerprint density at radius 1 is 1.37 bits per heavy atom. The van der Waals surface area contributed by atoms with E-state index in [1.807, 2.05) is 26.0 Å². The van der Waals surface area contributed by atoms with Crippen molar-refractivity contribution in [1.82, 2.24) is 0 Å². The molecule has 0 aromatic heterocycles. The first-order chi connectivity index (χ1) is 9.02. The zero-order valence-corrected chi connectivity index (χ0v) is 11.3. The van der Waals surface area contributed by atoms with E-state index in [2.05, 4.69) is 5.32 Å². The number of unbranched alkanes of at least 4 members (excludes halogenated alkanes) is 1. The van der Waals surface area contributed by atoms with Gasteiger partial charge in [0.15, 0.2) is 0 Å². The highest BCUT2D eigenvalue weighted by atomic mass is 16.4. The molecule has 0 spiro atoms. The van der Waals surface area contributed by atoms with E-state index in [1.54, 1.807) is 6.07 Å². The predicted octanol–water partition coefficient (Wildman–Crippen LogP) is 3.22. The molecular formula is C15H19NO3. The number of hydrogen-bond donors (Lipinski definition) is 2. The van der Waals surface area contributed by atoms with Crippen LogP contribution in [0.25, 0.3) is 6.08 Å². The molecule has 0 radical (unpaired) electrons. The van der Waals surface area contributed by atoms with Crippen molar-refractivity contribution >= 4 is 23.6 Å². The lowest BCUT2D eigenvalue weighted by Gasteiger charge is -2.07. The van der Waals surface area contributed by atoms with Crippen LogP contribution in [0.5, 0.6) is 0 Å². The summed E-state index contributed by atoms with van der Waals surface area (Å²) in [4.78, 5) is 22.1. The molecule has 19 heavy (non-hydrogen) atoms. The fourth-order valence-corrected chi connectivity index (χ4v) is 1.62. The summed E-state index contributed by atoms with van der Waals surface area (Å²) in [5.41, 5.74) is 2.44. The van der Waals surface area contributed by atoms with Gasteiger partial charge in [-0.2, -0.15) is 0 Å². The van der Waals surface area contributed by atoms with Crippen molar-refractivity contribution in [2.24, 2.45) is 0 Å². The minimum absolute atomic E-state index is 0.0149. The number of benzene rings is 1. The zero-order chi connectivity index (χ0) is 14.3. The average molecular weight is 261 g/mol. The van der Waals surface area contributed by atoms with Crippen molar-refractivity contribution in [2.45, 2.75) is 33.1 Å². The maximum absolute atomic E-state index is 11.6. The highest BCUT2D eigenvalue weighted by molar-refractivity contribution is 5.91. The number of hydrogen-bond acceptors (Lipinski definition) is 2. The van der Waals surface area contributed by atoms with Crippen molar-refractivity contribution in [3.05, 3.63) is 35.4 Å². The van der Waals surface area contributed by atoms with Gasteiger partial charge in [-0.3, -0.25) is 4.79 Å². The molecule has 1 rings (SSSR count). The number of amides is 1. The molecule has 0 fully saturated rings. The van der Waals surface area contributed by atoms with Crippen molar-refractivity contribution in [1.29, 1.82) is 0 Å². The number of aryl methyl sites for hydroxylation is 1. The zero-order valence-electron chi connectivity index (χ0n) is 11.3. The third kappa shape index (κ3) is 5.38. The van der Waals surface area contributed by atoms with Crippen LogP contribution in [0.4, 0.5) is 5.69 Å². The van der Waals surface area contributed by atoms with Crippen LogP contribution in [0, 0.1) is 6.92 Å². The molecule has 0 aliphatic heterocycles. The first-order valence-corrected chi connectivity index (χ1v) is 6.34. The Bertz CT molecular complexity index is 492. The molecule has 0 saturated heterocycles. The molecule has 2 N–H and O–H groups in total. The van der Waals surface area contributed by atoms with Gasteiger partial charge >= 0.3 is 5.97 Å². The lowest BCUT2D eigenvalue weighted by atomic mass is 10.1. The van der Waals surface area contributed by atoms with Crippen LogP contribution in [0.2, 0.25) is 0 Å². The SMILES string of the molecule is CCCCC(=O)Nc1ccc(C)c(C=CC(=O)O)c1. The number of aliphatic carboxylic acids is 1. The predicted molar refractivity (Wildman–Crippen MR) is 76.0 cm³/mol. The first-order valence-electron chi connectivity index (χ1n) is 6.34. The van der Waals surface area contributed by atoms with E-state index in [1.165, 1.54) is 6.08 Å². The normalized spacial score (nSPS) is 10.6. The van der Waals surface area contributed by atoms with Gasteiger partial charge in [0.2, 0.25) is 5.91 Å². The van der Waals surface area contributed by atoms with Gasteiger partial charge in [0.1, 0.15) is 0 Å². The van der Waals surface area contributed by atoms with E-state index in [9.17, 15) is 9.59 Å². The summed E-state index contributed by atoms with van der Waals surface area (Å²) in [7, 11) is 0. The summed E-state index contributed by atoms with van der Waals surface area (Å²) in [5.74, 6) is -1.00. The summed E-state index contributed by atoms with van der Waals surface area (Å²) >= 11 is 0. The molecular weight excluding hydrogens is 242 g/mol. The van der Waals surface area contributed by atoms with Gasteiger partial charge < -0.3 is 10.4 Å². The van der Waals surface area contributed by atoms with Crippen molar-refractivity contribution in [2.75, 3.05) is 5.32 Å². The summed E-state index contributed by atoms with van der Waals surface area (Å²) in [6.45, 7) is 3.93. The number of carbonyl (C=O) groups is 2. The van der Waals surface area contributed by atoms with E-state index in [-0.39, 0.29) is 5.91 Å². The molecule has 102 valence electrons. The van der Waals surface area contributed by atoms with Gasteiger partial charge in [0, 0.05) is 18.2 Å². The molecule has 1 amide bonds. The molecule has 0 unspecified atom stereocenters. The van der Waals surface area contributed by atoms with Gasteiger partial charge in [-0.25, -0.2) is 4.79 Å². The third-order valence-electron chi connectivity index (χ3n) is 2.73. The van der Waals surface area contributed by atoms with Gasteiger partial charge in [0.25, 0.3) is 0 Å². The topological polar surface area (TPSA) is 66.4 Å². The monoisotopic (exact) mass is 261 g/mol. The molecule has 0 atom stereocenters. The summed E-state index contributed by atoms with van der Waals surface area (Å²) in [6.07, 6.45) is 4.96. The van der Waals surface area contributed by atoms with Crippen LogP contribution < -0.4 is 5.32 Å². The van der Waals surface area contributed by atoms with Crippen LogP contribution >= 0.6 is 0 Å². The van der Waals surface area contributed by atoms with Crippen LogP contribution in [0.1, 0.15) is 37.3 Å². The second-order valence-corrected chi connectivity index (χ2v) is 4.39. The second-order valence-electron chi connectivity index (χ2n) is 4.39. The lowest BCUT2D eigenvalue weighted by Crippen LogP contribution is -2.11. The highest BCUT2D eigenvalue weighted by Crippen LogP contribution is 2.17. The highest BCUT2D eigenvalue weighted by Gasteiger charge is 2.03. The number of carboxylic acids is 1. The van der Waals surface area contributed by atoms with E-state index in [0.717, 1.165) is 30.0 Å². The minimum atomic E-state index is -0.989. The van der Waals surface area contributed by atoms with Crippen molar-refractivity contribution < 1.29 is 14.7 Å². The van der Waals surface area contributed by atoms with Crippen molar-refractivity contribution in [3.63, 3.8) is 0 Å². The maximum atomic E-state index is 11.6. The molecule has 1 aromatic rings. The summed E-state index contributed by atoms with van der Waals surface area (Å²) < 4.78 is 0. The number of carbonyl (C=O) groups excluding carboxylic acids is 1. The average Bonchev–Trinajstić information content (AvgIpc) is 2.37. The van der Waals surface area contributed by atoms with E-state index in [0.29, 0.717) is 12.1 Å². The van der Waals surface area contributed by atoms with E-state index in [4.69, 9.17) is 5.11 Å². The molecule has 0 aliphatic carbocycles. The van der Waals surface area contributed by atoms with Gasteiger partial charge in [0.05, 0.1) is 0 Å². The Kier molecular flexibility index (Phi) is 5.79. The Morgan fingerprint density at radius 2 is 2.11 bits per heavy atom. The Hall–Kier alpha value is -2.10. The Morgan fingerprint density at radius 3 is 2.74 bits per heavy atom. The van der Waals surface area contributed by atoms with Gasteiger partial charge in [-0.1, -0.05) is 19.4 Å². The largest absolute Gasteiger partial charge is 0.478 e. The lowest BCUT2D eigenvalue weighted by molar-refractivity contribution is -0.131. The smallest absolute Gasteiger partial charge is 0.328 e. The quantitative estimate of drug-likeness (QED) is 0.773.